The number of thioether (sulfide) groups is 1. The average Bonchev–Trinajstić information content (AvgIpc) is 3.22. The van der Waals surface area contributed by atoms with Crippen LogP contribution in [0.4, 0.5) is 10.6 Å². The lowest BCUT2D eigenvalue weighted by Gasteiger charge is -2.21. The Morgan fingerprint density at radius 3 is 2.51 bits per heavy atom. The fourth-order valence-corrected chi connectivity index (χ4v) is 5.88. The second kappa shape index (κ2) is 12.9. The molecule has 1 amide bonds. The highest BCUT2D eigenvalue weighted by atomic mass is 35.5. The number of aromatic nitrogens is 4. The van der Waals surface area contributed by atoms with Gasteiger partial charge in [0, 0.05) is 24.2 Å². The number of carbonyl (C=O) groups is 1. The quantitative estimate of drug-likeness (QED) is 0.144. The summed E-state index contributed by atoms with van der Waals surface area (Å²) in [4.78, 5) is 21.6. The predicted octanol–water partition coefficient (Wildman–Crippen LogP) is 7.84. The van der Waals surface area contributed by atoms with Gasteiger partial charge in [0.2, 0.25) is 0 Å². The van der Waals surface area contributed by atoms with E-state index in [1.165, 1.54) is 23.7 Å². The van der Waals surface area contributed by atoms with Crippen LogP contribution in [0.15, 0.2) is 35.4 Å². The van der Waals surface area contributed by atoms with Gasteiger partial charge in [0.05, 0.1) is 15.4 Å². The summed E-state index contributed by atoms with van der Waals surface area (Å²) in [6, 6.07) is 9.06. The molecule has 1 atom stereocenters. The molecule has 0 saturated heterocycles. The summed E-state index contributed by atoms with van der Waals surface area (Å²) in [5.74, 6) is 1.14. The molecule has 0 fully saturated rings. The van der Waals surface area contributed by atoms with Crippen LogP contribution in [0.25, 0.3) is 16.7 Å². The SMILES string of the molecule is [CH2]c1ccc(C)c(C(CCNc2nc(C)nc3c2c(SC)nn3-c2c(Cl)cc(Cl)cc2Cl)OC(=O)NSC)c1. The number of aryl methyl sites for hydroxylation is 2. The Kier molecular flexibility index (Phi) is 9.77. The van der Waals surface area contributed by atoms with E-state index in [0.29, 0.717) is 56.0 Å². The maximum atomic E-state index is 12.3. The second-order valence-electron chi connectivity index (χ2n) is 8.56. The van der Waals surface area contributed by atoms with E-state index in [2.05, 4.69) is 26.9 Å². The van der Waals surface area contributed by atoms with E-state index < -0.39 is 12.2 Å². The minimum Gasteiger partial charge on any atom is -0.441 e. The molecule has 0 bridgehead atoms. The molecule has 0 aliphatic heterocycles. The van der Waals surface area contributed by atoms with Crippen molar-refractivity contribution in [3.05, 3.63) is 74.8 Å². The van der Waals surface area contributed by atoms with Crippen molar-refractivity contribution in [2.75, 3.05) is 24.4 Å². The zero-order valence-electron chi connectivity index (χ0n) is 21.6. The predicted molar refractivity (Wildman–Crippen MR) is 163 cm³/mol. The third-order valence-electron chi connectivity index (χ3n) is 5.82. The molecule has 0 aliphatic rings. The Balaban J connectivity index is 1.69. The molecule has 4 aromatic rings. The van der Waals surface area contributed by atoms with Crippen LogP contribution in [-0.4, -0.2) is 44.9 Å². The molecule has 1 unspecified atom stereocenters. The van der Waals surface area contributed by atoms with Gasteiger partial charge < -0.3 is 10.1 Å². The number of benzene rings is 2. The Morgan fingerprint density at radius 1 is 1.13 bits per heavy atom. The van der Waals surface area contributed by atoms with Crippen molar-refractivity contribution in [1.82, 2.24) is 24.5 Å². The summed E-state index contributed by atoms with van der Waals surface area (Å²) < 4.78 is 10.0. The molecular formula is C26H26Cl3N6O2S2. The first-order chi connectivity index (χ1) is 18.6. The summed E-state index contributed by atoms with van der Waals surface area (Å²) >= 11 is 21.8. The van der Waals surface area contributed by atoms with E-state index in [4.69, 9.17) is 44.6 Å². The number of ether oxygens (including phenoxy) is 1. The van der Waals surface area contributed by atoms with Gasteiger partial charge in [0.15, 0.2) is 5.65 Å². The molecular weight excluding hydrogens is 599 g/mol. The van der Waals surface area contributed by atoms with Gasteiger partial charge in [-0.3, -0.25) is 4.72 Å². The zero-order valence-corrected chi connectivity index (χ0v) is 25.5. The molecule has 2 aromatic heterocycles. The lowest BCUT2D eigenvalue weighted by Crippen LogP contribution is -2.22. The molecule has 0 saturated carbocycles. The van der Waals surface area contributed by atoms with Crippen molar-refractivity contribution >= 4 is 81.5 Å². The van der Waals surface area contributed by atoms with Gasteiger partial charge in [-0.25, -0.2) is 19.4 Å². The Bertz CT molecular complexity index is 1510. The maximum Gasteiger partial charge on any atom is 0.417 e. The highest BCUT2D eigenvalue weighted by molar-refractivity contribution is 7.98. The lowest BCUT2D eigenvalue weighted by atomic mass is 9.98. The molecule has 8 nitrogen and oxygen atoms in total. The largest absolute Gasteiger partial charge is 0.441 e. The third-order valence-corrected chi connectivity index (χ3v) is 7.66. The standard InChI is InChI=1S/C26H26Cl3N6O2S2/c1-13-6-7-14(2)17(10-13)20(37-26(36)34-39-5)8-9-30-23-21-24(32-15(3)31-23)35(33-25(21)38-4)22-18(28)11-16(27)12-19(22)29/h6-7,10-12,20H,1,8-9H2,2-5H3,(H,34,36)(H,30,31,32). The van der Waals surface area contributed by atoms with Gasteiger partial charge in [-0.05, 0) is 55.9 Å². The molecule has 2 heterocycles. The number of hydrogen-bond acceptors (Lipinski definition) is 8. The smallest absolute Gasteiger partial charge is 0.417 e. The summed E-state index contributed by atoms with van der Waals surface area (Å²) in [5.41, 5.74) is 3.77. The van der Waals surface area contributed by atoms with Crippen molar-refractivity contribution in [2.24, 2.45) is 0 Å². The molecule has 0 aliphatic carbocycles. The van der Waals surface area contributed by atoms with Crippen LogP contribution in [0, 0.1) is 20.8 Å². The molecule has 1 radical (unpaired) electrons. The molecule has 2 N–H and O–H groups in total. The minimum atomic E-state index is -0.510. The first-order valence-corrected chi connectivity index (χ1v) is 15.3. The molecule has 205 valence electrons. The number of anilines is 1. The normalized spacial score (nSPS) is 12.0. The van der Waals surface area contributed by atoms with E-state index in [1.54, 1.807) is 30.0 Å². The van der Waals surface area contributed by atoms with Crippen LogP contribution in [0.3, 0.4) is 0 Å². The monoisotopic (exact) mass is 623 g/mol. The average molecular weight is 625 g/mol. The minimum absolute atomic E-state index is 0.349. The first-order valence-electron chi connectivity index (χ1n) is 11.7. The first kappa shape index (κ1) is 29.6. The van der Waals surface area contributed by atoms with Gasteiger partial charge >= 0.3 is 6.09 Å². The van der Waals surface area contributed by atoms with Crippen LogP contribution < -0.4 is 10.0 Å². The number of carbonyl (C=O) groups excluding carboxylic acids is 1. The fraction of sp³-hybridized carbons (Fsp3) is 0.269. The van der Waals surface area contributed by atoms with E-state index in [9.17, 15) is 4.79 Å². The van der Waals surface area contributed by atoms with Crippen molar-refractivity contribution < 1.29 is 9.53 Å². The lowest BCUT2D eigenvalue weighted by molar-refractivity contribution is 0.0999. The topological polar surface area (TPSA) is 94.0 Å². The van der Waals surface area contributed by atoms with Gasteiger partial charge in [0.1, 0.15) is 28.5 Å². The summed E-state index contributed by atoms with van der Waals surface area (Å²) in [6.45, 7) is 8.25. The van der Waals surface area contributed by atoms with Crippen molar-refractivity contribution in [3.63, 3.8) is 0 Å². The number of halogens is 3. The van der Waals surface area contributed by atoms with E-state index >= 15 is 0 Å². The molecule has 4 rings (SSSR count). The number of amides is 1. The fourth-order valence-electron chi connectivity index (χ4n) is 4.13. The Hall–Kier alpha value is -2.37. The summed E-state index contributed by atoms with van der Waals surface area (Å²) in [7, 11) is 0. The number of hydrogen-bond donors (Lipinski definition) is 2. The second-order valence-corrected chi connectivity index (χ2v) is 11.2. The van der Waals surface area contributed by atoms with Crippen molar-refractivity contribution in [2.45, 2.75) is 31.4 Å². The van der Waals surface area contributed by atoms with Crippen LogP contribution in [0.1, 0.15) is 35.0 Å². The van der Waals surface area contributed by atoms with Crippen LogP contribution in [-0.2, 0) is 4.74 Å². The van der Waals surface area contributed by atoms with Crippen LogP contribution >= 0.6 is 58.5 Å². The van der Waals surface area contributed by atoms with Gasteiger partial charge in [-0.15, -0.1) is 11.8 Å². The van der Waals surface area contributed by atoms with Crippen molar-refractivity contribution in [1.29, 1.82) is 0 Å². The Labute approximate surface area is 250 Å². The van der Waals surface area contributed by atoms with E-state index in [-0.39, 0.29) is 0 Å². The van der Waals surface area contributed by atoms with E-state index in [1.807, 2.05) is 31.4 Å². The third kappa shape index (κ3) is 6.69. The van der Waals surface area contributed by atoms with Crippen LogP contribution in [0.2, 0.25) is 15.1 Å². The molecule has 0 spiro atoms. The molecule has 13 heteroatoms. The highest BCUT2D eigenvalue weighted by Gasteiger charge is 2.23. The summed E-state index contributed by atoms with van der Waals surface area (Å²) in [6.07, 6.45) is 3.15. The van der Waals surface area contributed by atoms with Crippen molar-refractivity contribution in [3.8, 4) is 5.69 Å². The number of rotatable bonds is 9. The zero-order chi connectivity index (χ0) is 28.3. The maximum absolute atomic E-state index is 12.3. The number of fused-ring (bicyclic) bond motifs is 1. The van der Waals surface area contributed by atoms with Crippen LogP contribution in [0.5, 0.6) is 0 Å². The van der Waals surface area contributed by atoms with Gasteiger partial charge in [-0.1, -0.05) is 64.9 Å². The molecule has 2 aromatic carbocycles. The van der Waals surface area contributed by atoms with Gasteiger partial charge in [-0.2, -0.15) is 5.10 Å². The number of nitrogens with zero attached hydrogens (tertiary/aromatic N) is 4. The molecule has 39 heavy (non-hydrogen) atoms. The Morgan fingerprint density at radius 2 is 1.85 bits per heavy atom. The number of nitrogens with one attached hydrogen (secondary N) is 2. The van der Waals surface area contributed by atoms with E-state index in [0.717, 1.165) is 22.1 Å². The van der Waals surface area contributed by atoms with Gasteiger partial charge in [0.25, 0.3) is 0 Å². The highest BCUT2D eigenvalue weighted by Crippen LogP contribution is 2.37. The summed E-state index contributed by atoms with van der Waals surface area (Å²) in [5, 5.41) is 10.7.